The van der Waals surface area contributed by atoms with E-state index in [1.807, 2.05) is 6.92 Å². The molecule has 2 heterocycles. The minimum absolute atomic E-state index is 0.000233. The molecule has 2 N–H and O–H groups in total. The summed E-state index contributed by atoms with van der Waals surface area (Å²) in [6, 6.07) is 1.36. The lowest BCUT2D eigenvalue weighted by Crippen LogP contribution is -2.13. The zero-order valence-corrected chi connectivity index (χ0v) is 13.0. The van der Waals surface area contributed by atoms with Crippen molar-refractivity contribution >= 4 is 43.9 Å². The number of anilines is 2. The van der Waals surface area contributed by atoms with Gasteiger partial charge in [-0.3, -0.25) is 4.72 Å². The quantitative estimate of drug-likeness (QED) is 0.849. The molecule has 0 radical (unpaired) electrons. The van der Waals surface area contributed by atoms with E-state index in [0.29, 0.717) is 10.9 Å². The van der Waals surface area contributed by atoms with Crippen LogP contribution in [0.4, 0.5) is 10.9 Å². The number of aromatic nitrogens is 2. The highest BCUT2D eigenvalue weighted by molar-refractivity contribution is 7.93. The summed E-state index contributed by atoms with van der Waals surface area (Å²) in [6.45, 7) is 2.73. The smallest absolute Gasteiger partial charge is 0.265 e. The molecule has 0 aliphatic heterocycles. The first-order chi connectivity index (χ1) is 9.53. The zero-order chi connectivity index (χ0) is 14.6. The monoisotopic (exact) mass is 332 g/mol. The van der Waals surface area contributed by atoms with Crippen molar-refractivity contribution in [3.8, 4) is 0 Å². The Kier molecular flexibility index (Phi) is 4.79. The number of hydrogen-bond acceptors (Lipinski definition) is 6. The fourth-order valence-electron chi connectivity index (χ4n) is 1.39. The molecule has 0 amide bonds. The average molecular weight is 333 g/mol. The first kappa shape index (κ1) is 15.0. The van der Waals surface area contributed by atoms with E-state index in [4.69, 9.17) is 11.6 Å². The summed E-state index contributed by atoms with van der Waals surface area (Å²) in [7, 11) is -3.72. The van der Waals surface area contributed by atoms with E-state index in [0.717, 1.165) is 13.0 Å². The Morgan fingerprint density at radius 3 is 2.80 bits per heavy atom. The molecule has 2 aromatic heterocycles. The summed E-state index contributed by atoms with van der Waals surface area (Å²) in [6.07, 6.45) is 3.70. The average Bonchev–Trinajstić information content (AvgIpc) is 2.89. The van der Waals surface area contributed by atoms with Crippen molar-refractivity contribution in [1.82, 2.24) is 9.97 Å². The van der Waals surface area contributed by atoms with E-state index in [1.165, 1.54) is 29.8 Å². The lowest BCUT2D eigenvalue weighted by molar-refractivity contribution is 0.601. The second kappa shape index (κ2) is 6.38. The van der Waals surface area contributed by atoms with Crippen molar-refractivity contribution in [1.29, 1.82) is 0 Å². The first-order valence-corrected chi connectivity index (χ1v) is 8.58. The van der Waals surface area contributed by atoms with E-state index >= 15 is 0 Å². The molecule has 2 rings (SSSR count). The van der Waals surface area contributed by atoms with Gasteiger partial charge in [-0.05, 0) is 12.5 Å². The summed E-state index contributed by atoms with van der Waals surface area (Å²) in [5.41, 5.74) is 0. The van der Waals surface area contributed by atoms with Gasteiger partial charge in [0.15, 0.2) is 5.13 Å². The number of nitrogens with one attached hydrogen (secondary N) is 2. The topological polar surface area (TPSA) is 84.0 Å². The van der Waals surface area contributed by atoms with Crippen LogP contribution in [0.1, 0.15) is 13.3 Å². The minimum atomic E-state index is -3.72. The van der Waals surface area contributed by atoms with Crippen LogP contribution in [-0.4, -0.2) is 24.9 Å². The van der Waals surface area contributed by atoms with Crippen LogP contribution in [0, 0.1) is 0 Å². The van der Waals surface area contributed by atoms with Crippen molar-refractivity contribution in [2.75, 3.05) is 16.6 Å². The normalized spacial score (nSPS) is 11.3. The lowest BCUT2D eigenvalue weighted by atomic mass is 10.4. The highest BCUT2D eigenvalue weighted by atomic mass is 35.5. The van der Waals surface area contributed by atoms with Crippen molar-refractivity contribution in [3.63, 3.8) is 0 Å². The van der Waals surface area contributed by atoms with Gasteiger partial charge in [0, 0.05) is 24.3 Å². The third-order valence-electron chi connectivity index (χ3n) is 2.32. The van der Waals surface area contributed by atoms with Gasteiger partial charge < -0.3 is 5.32 Å². The molecule has 0 aliphatic rings. The van der Waals surface area contributed by atoms with Crippen LogP contribution in [0.15, 0.2) is 28.7 Å². The van der Waals surface area contributed by atoms with E-state index < -0.39 is 10.0 Å². The first-order valence-electron chi connectivity index (χ1n) is 5.84. The number of pyridine rings is 1. The summed E-state index contributed by atoms with van der Waals surface area (Å²) >= 11 is 7.22. The molecule has 0 aromatic carbocycles. The summed E-state index contributed by atoms with van der Waals surface area (Å²) < 4.78 is 26.6. The number of rotatable bonds is 6. The summed E-state index contributed by atoms with van der Waals surface area (Å²) in [4.78, 5) is 7.90. The Labute approximate surface area is 126 Å². The predicted molar refractivity (Wildman–Crippen MR) is 81.0 cm³/mol. The van der Waals surface area contributed by atoms with Crippen LogP contribution < -0.4 is 10.0 Å². The molecule has 0 unspecified atom stereocenters. The van der Waals surface area contributed by atoms with Crippen LogP contribution in [0.3, 0.4) is 0 Å². The van der Waals surface area contributed by atoms with Crippen molar-refractivity contribution in [3.05, 3.63) is 28.9 Å². The predicted octanol–water partition coefficient (Wildman–Crippen LogP) is 2.81. The molecular formula is C11H13ClN4O2S2. The third kappa shape index (κ3) is 3.59. The fraction of sp³-hybridized carbons (Fsp3) is 0.273. The molecule has 0 fully saturated rings. The van der Waals surface area contributed by atoms with Gasteiger partial charge >= 0.3 is 0 Å². The Morgan fingerprint density at radius 1 is 1.40 bits per heavy atom. The zero-order valence-electron chi connectivity index (χ0n) is 10.6. The van der Waals surface area contributed by atoms with E-state index in [-0.39, 0.29) is 9.92 Å². The van der Waals surface area contributed by atoms with Gasteiger partial charge in [0.25, 0.3) is 10.0 Å². The Hall–Kier alpha value is -1.38. The maximum Gasteiger partial charge on any atom is 0.265 e. The molecular weight excluding hydrogens is 320 g/mol. The molecule has 0 atom stereocenters. The second-order valence-corrected chi connectivity index (χ2v) is 6.86. The number of nitrogens with zero attached hydrogens (tertiary/aromatic N) is 2. The van der Waals surface area contributed by atoms with E-state index in [2.05, 4.69) is 20.0 Å². The molecule has 0 aliphatic carbocycles. The molecule has 0 saturated carbocycles. The molecule has 0 saturated heterocycles. The Balaban J connectivity index is 2.22. The molecule has 9 heteroatoms. The number of sulfonamides is 1. The van der Waals surface area contributed by atoms with Crippen LogP contribution in [0.25, 0.3) is 0 Å². The molecule has 2 aromatic rings. The molecule has 20 heavy (non-hydrogen) atoms. The van der Waals surface area contributed by atoms with Gasteiger partial charge in [0.05, 0.1) is 5.02 Å². The van der Waals surface area contributed by atoms with Crippen molar-refractivity contribution < 1.29 is 8.42 Å². The van der Waals surface area contributed by atoms with Crippen LogP contribution in [0.2, 0.25) is 5.02 Å². The second-order valence-electron chi connectivity index (χ2n) is 3.87. The lowest BCUT2D eigenvalue weighted by Gasteiger charge is -2.09. The van der Waals surface area contributed by atoms with Gasteiger partial charge in [-0.25, -0.2) is 18.4 Å². The van der Waals surface area contributed by atoms with Crippen molar-refractivity contribution in [2.24, 2.45) is 0 Å². The molecule has 0 bridgehead atoms. The van der Waals surface area contributed by atoms with E-state index in [1.54, 1.807) is 5.38 Å². The Morgan fingerprint density at radius 2 is 2.20 bits per heavy atom. The van der Waals surface area contributed by atoms with Crippen LogP contribution in [-0.2, 0) is 10.0 Å². The number of hydrogen-bond donors (Lipinski definition) is 2. The van der Waals surface area contributed by atoms with Crippen LogP contribution >= 0.6 is 22.9 Å². The number of thiazole rings is 1. The third-order valence-corrected chi connectivity index (χ3v) is 4.73. The summed E-state index contributed by atoms with van der Waals surface area (Å²) in [5, 5.41) is 5.26. The van der Waals surface area contributed by atoms with Gasteiger partial charge in [-0.15, -0.1) is 11.3 Å². The highest BCUT2D eigenvalue weighted by Gasteiger charge is 2.17. The van der Waals surface area contributed by atoms with Crippen LogP contribution in [0.5, 0.6) is 0 Å². The maximum absolute atomic E-state index is 12.1. The van der Waals surface area contributed by atoms with Gasteiger partial charge in [-0.2, -0.15) is 0 Å². The highest BCUT2D eigenvalue weighted by Crippen LogP contribution is 2.24. The summed E-state index contributed by atoms with van der Waals surface area (Å²) in [5.74, 6) is 0.474. The maximum atomic E-state index is 12.1. The van der Waals surface area contributed by atoms with Gasteiger partial charge in [0.2, 0.25) is 0 Å². The fourth-order valence-corrected chi connectivity index (χ4v) is 3.45. The van der Waals surface area contributed by atoms with E-state index in [9.17, 15) is 8.42 Å². The van der Waals surface area contributed by atoms with Gasteiger partial charge in [0.1, 0.15) is 10.7 Å². The van der Waals surface area contributed by atoms with Crippen molar-refractivity contribution in [2.45, 2.75) is 18.2 Å². The standard InChI is InChI=1S/C11H13ClN4O2S2/c1-2-3-13-10-9(12)6-8(7-15-10)20(17,18)16-11-14-4-5-19-11/h4-7H,2-3H2,1H3,(H,13,15)(H,14,16). The van der Waals surface area contributed by atoms with Gasteiger partial charge in [-0.1, -0.05) is 18.5 Å². The Bertz CT molecular complexity index is 674. The minimum Gasteiger partial charge on any atom is -0.369 e. The largest absolute Gasteiger partial charge is 0.369 e. The molecule has 6 nitrogen and oxygen atoms in total. The molecule has 108 valence electrons. The number of halogens is 1. The SMILES string of the molecule is CCCNc1ncc(S(=O)(=O)Nc2nccs2)cc1Cl. The molecule has 0 spiro atoms.